The number of anilines is 2. The van der Waals surface area contributed by atoms with E-state index in [9.17, 15) is 15.3 Å². The third-order valence-corrected chi connectivity index (χ3v) is 8.60. The van der Waals surface area contributed by atoms with Crippen LogP contribution in [0.25, 0.3) is 20.8 Å². The molecular weight excluding hydrogens is 464 g/mol. The molecule has 186 valence electrons. The largest absolute Gasteiger partial charge is 0.390 e. The summed E-state index contributed by atoms with van der Waals surface area (Å²) in [6.45, 7) is 7.13. The molecule has 5 N–H and O–H groups in total. The van der Waals surface area contributed by atoms with Crippen molar-refractivity contribution < 1.29 is 15.3 Å². The van der Waals surface area contributed by atoms with Crippen molar-refractivity contribution >= 4 is 33.3 Å². The van der Waals surface area contributed by atoms with Crippen LogP contribution in [0.3, 0.4) is 0 Å². The van der Waals surface area contributed by atoms with Crippen LogP contribution in [-0.4, -0.2) is 65.7 Å². The van der Waals surface area contributed by atoms with E-state index in [1.807, 2.05) is 19.2 Å². The minimum atomic E-state index is -1.43. The monoisotopic (exact) mass is 496 g/mol. The molecule has 0 radical (unpaired) electrons. The summed E-state index contributed by atoms with van der Waals surface area (Å²) in [4.78, 5) is 19.1. The summed E-state index contributed by atoms with van der Waals surface area (Å²) < 4.78 is 1.06. The molecule has 10 heteroatoms. The smallest absolute Gasteiger partial charge is 0.224 e. The second-order valence-corrected chi connectivity index (χ2v) is 11.8. The van der Waals surface area contributed by atoms with E-state index in [1.54, 1.807) is 11.3 Å². The topological polar surface area (TPSA) is 136 Å². The highest BCUT2D eigenvalue weighted by Gasteiger charge is 2.74. The average Bonchev–Trinajstić information content (AvgIpc) is 3.64. The SMILES string of the molecule is Cc1nc(NCC2CC2)nc(N[C@@H]2C[C@@H]3C(O)[C@]3(O)[C@H]2O)c1-c1nc2c(CC(C)C)nccc2s1. The van der Waals surface area contributed by atoms with E-state index in [0.29, 0.717) is 30.0 Å². The van der Waals surface area contributed by atoms with Crippen molar-refractivity contribution in [2.75, 3.05) is 17.2 Å². The Kier molecular flexibility index (Phi) is 5.48. The number of fused-ring (bicyclic) bond motifs is 2. The standard InChI is InChI=1S/C25H32N6O3S/c1-11(2)8-15-19-17(6-7-26-15)35-23(30-19)18-12(3)28-24(27-10-13-4-5-13)31-22(18)29-16-9-14-20(32)25(14,34)21(16)33/h6-7,11,13-14,16,20-21,32-34H,4-5,8-10H2,1-3H3,(H2,27,28,29,31)/t14-,16-,20?,21+,25+/m1/s1. The number of hydrogen-bond donors (Lipinski definition) is 5. The van der Waals surface area contributed by atoms with Gasteiger partial charge in [0.1, 0.15) is 28.0 Å². The number of aryl methyl sites for hydroxylation is 1. The van der Waals surface area contributed by atoms with E-state index in [-0.39, 0.29) is 5.92 Å². The Bertz CT molecular complexity index is 1280. The molecule has 0 saturated heterocycles. The van der Waals surface area contributed by atoms with Crippen molar-refractivity contribution in [1.29, 1.82) is 0 Å². The van der Waals surface area contributed by atoms with Crippen molar-refractivity contribution in [1.82, 2.24) is 19.9 Å². The fraction of sp³-hybridized carbons (Fsp3) is 0.600. The first-order valence-corrected chi connectivity index (χ1v) is 13.3. The third-order valence-electron chi connectivity index (χ3n) is 7.56. The minimum absolute atomic E-state index is 0.319. The molecule has 0 spiro atoms. The number of hydrogen-bond acceptors (Lipinski definition) is 10. The molecule has 9 nitrogen and oxygen atoms in total. The molecule has 0 aromatic carbocycles. The second kappa shape index (κ2) is 8.33. The van der Waals surface area contributed by atoms with Gasteiger partial charge in [-0.1, -0.05) is 13.8 Å². The third kappa shape index (κ3) is 3.96. The van der Waals surface area contributed by atoms with Crippen LogP contribution in [0, 0.1) is 24.7 Å². The second-order valence-electron chi connectivity index (χ2n) is 10.8. The Balaban J connectivity index is 1.38. The van der Waals surface area contributed by atoms with Crippen molar-refractivity contribution in [3.8, 4) is 10.6 Å². The van der Waals surface area contributed by atoms with E-state index in [2.05, 4.69) is 29.5 Å². The zero-order chi connectivity index (χ0) is 24.5. The summed E-state index contributed by atoms with van der Waals surface area (Å²) in [6, 6.07) is 1.56. The van der Waals surface area contributed by atoms with Gasteiger partial charge in [0, 0.05) is 18.7 Å². The van der Waals surface area contributed by atoms with Crippen LogP contribution in [0.15, 0.2) is 12.3 Å². The molecule has 3 aliphatic rings. The van der Waals surface area contributed by atoms with Crippen LogP contribution >= 0.6 is 11.3 Å². The van der Waals surface area contributed by atoms with Crippen molar-refractivity contribution in [2.24, 2.45) is 17.8 Å². The summed E-state index contributed by atoms with van der Waals surface area (Å²) >= 11 is 1.58. The van der Waals surface area contributed by atoms with Gasteiger partial charge in [-0.2, -0.15) is 4.98 Å². The first kappa shape index (κ1) is 23.0. The molecule has 3 heterocycles. The van der Waals surface area contributed by atoms with E-state index in [0.717, 1.165) is 45.1 Å². The predicted molar refractivity (Wildman–Crippen MR) is 135 cm³/mol. The molecule has 3 aliphatic carbocycles. The highest BCUT2D eigenvalue weighted by molar-refractivity contribution is 7.21. The zero-order valence-corrected chi connectivity index (χ0v) is 21.0. The zero-order valence-electron chi connectivity index (χ0n) is 20.2. The van der Waals surface area contributed by atoms with Crippen LogP contribution in [0.5, 0.6) is 0 Å². The molecule has 0 aliphatic heterocycles. The van der Waals surface area contributed by atoms with Gasteiger partial charge in [0.2, 0.25) is 5.95 Å². The van der Waals surface area contributed by atoms with Gasteiger partial charge in [-0.25, -0.2) is 9.97 Å². The van der Waals surface area contributed by atoms with Gasteiger partial charge in [-0.3, -0.25) is 4.98 Å². The van der Waals surface area contributed by atoms with Gasteiger partial charge in [0.05, 0.1) is 33.8 Å². The molecule has 3 aromatic heterocycles. The number of nitrogens with zero attached hydrogens (tertiary/aromatic N) is 4. The molecule has 0 amide bonds. The molecular formula is C25H32N6O3S. The average molecular weight is 497 g/mol. The van der Waals surface area contributed by atoms with Crippen molar-refractivity contribution in [3.05, 3.63) is 23.7 Å². The molecule has 3 aromatic rings. The number of pyridine rings is 1. The van der Waals surface area contributed by atoms with Gasteiger partial charge >= 0.3 is 0 Å². The highest BCUT2D eigenvalue weighted by atomic mass is 32.1. The van der Waals surface area contributed by atoms with Gasteiger partial charge in [0.25, 0.3) is 0 Å². The Labute approximate surface area is 208 Å². The number of aliphatic hydroxyl groups excluding tert-OH is 2. The maximum atomic E-state index is 10.8. The Morgan fingerprint density at radius 2 is 1.97 bits per heavy atom. The molecule has 35 heavy (non-hydrogen) atoms. The van der Waals surface area contributed by atoms with Crippen LogP contribution in [0.1, 0.15) is 44.5 Å². The number of thiazole rings is 1. The summed E-state index contributed by atoms with van der Waals surface area (Å²) in [5, 5.41) is 38.9. The lowest BCUT2D eigenvalue weighted by Crippen LogP contribution is -2.42. The lowest BCUT2D eigenvalue weighted by atomic mass is 10.1. The molecule has 6 rings (SSSR count). The maximum Gasteiger partial charge on any atom is 0.224 e. The van der Waals surface area contributed by atoms with E-state index in [1.165, 1.54) is 12.8 Å². The van der Waals surface area contributed by atoms with Crippen molar-refractivity contribution in [2.45, 2.75) is 70.3 Å². The van der Waals surface area contributed by atoms with E-state index < -0.39 is 23.9 Å². The molecule has 3 saturated carbocycles. The normalized spacial score (nSPS) is 29.6. The Morgan fingerprint density at radius 1 is 1.17 bits per heavy atom. The molecule has 3 fully saturated rings. The molecule has 1 unspecified atom stereocenters. The number of aromatic nitrogens is 4. The van der Waals surface area contributed by atoms with Gasteiger partial charge in [0.15, 0.2) is 0 Å². The fourth-order valence-electron chi connectivity index (χ4n) is 5.32. The van der Waals surface area contributed by atoms with Gasteiger partial charge in [-0.15, -0.1) is 11.3 Å². The first-order valence-electron chi connectivity index (χ1n) is 12.5. The first-order chi connectivity index (χ1) is 16.8. The lowest BCUT2D eigenvalue weighted by molar-refractivity contribution is -0.0262. The van der Waals surface area contributed by atoms with Crippen LogP contribution in [-0.2, 0) is 6.42 Å². The summed E-state index contributed by atoms with van der Waals surface area (Å²) in [5.41, 5.74) is 2.04. The fourth-order valence-corrected chi connectivity index (χ4v) is 6.40. The van der Waals surface area contributed by atoms with Crippen LogP contribution in [0.4, 0.5) is 11.8 Å². The minimum Gasteiger partial charge on any atom is -0.390 e. The van der Waals surface area contributed by atoms with Gasteiger partial charge in [-0.05, 0) is 50.5 Å². The van der Waals surface area contributed by atoms with E-state index >= 15 is 0 Å². The number of aliphatic hydroxyl groups is 3. The number of rotatable bonds is 8. The maximum absolute atomic E-state index is 10.8. The van der Waals surface area contributed by atoms with Crippen LogP contribution in [0.2, 0.25) is 0 Å². The Hall–Kier alpha value is -2.40. The molecule has 5 atom stereocenters. The lowest BCUT2D eigenvalue weighted by Gasteiger charge is -2.25. The van der Waals surface area contributed by atoms with E-state index in [4.69, 9.17) is 15.0 Å². The summed E-state index contributed by atoms with van der Waals surface area (Å²) in [6.07, 6.45) is 3.66. The quantitative estimate of drug-likeness (QED) is 0.319. The van der Waals surface area contributed by atoms with Gasteiger partial charge < -0.3 is 26.0 Å². The summed E-state index contributed by atoms with van der Waals surface area (Å²) in [7, 11) is 0. The predicted octanol–water partition coefficient (Wildman–Crippen LogP) is 2.74. The van der Waals surface area contributed by atoms with Crippen molar-refractivity contribution in [3.63, 3.8) is 0 Å². The summed E-state index contributed by atoms with van der Waals surface area (Å²) in [5.74, 6) is 1.94. The number of nitrogens with one attached hydrogen (secondary N) is 2. The Morgan fingerprint density at radius 3 is 2.66 bits per heavy atom. The molecule has 0 bridgehead atoms. The van der Waals surface area contributed by atoms with Crippen LogP contribution < -0.4 is 10.6 Å². The highest BCUT2D eigenvalue weighted by Crippen LogP contribution is 2.56.